The van der Waals surface area contributed by atoms with Gasteiger partial charge in [-0.25, -0.2) is 0 Å². The van der Waals surface area contributed by atoms with Crippen LogP contribution < -0.4 is 10.6 Å². The summed E-state index contributed by atoms with van der Waals surface area (Å²) in [7, 11) is 0. The number of benzene rings is 2. The lowest BCUT2D eigenvalue weighted by Crippen LogP contribution is -2.14. The molecule has 0 aliphatic rings. The van der Waals surface area contributed by atoms with E-state index in [1.807, 2.05) is 6.07 Å². The van der Waals surface area contributed by atoms with Crippen LogP contribution in [0.2, 0.25) is 5.02 Å². The maximum Gasteiger partial charge on any atom is 0.257 e. The number of hydrogen-bond acceptors (Lipinski definition) is 3. The molecule has 1 heterocycles. The van der Waals surface area contributed by atoms with Gasteiger partial charge < -0.3 is 10.6 Å². The van der Waals surface area contributed by atoms with Gasteiger partial charge in [-0.2, -0.15) is 0 Å². The molecule has 136 valence electrons. The minimum absolute atomic E-state index is 0.282. The van der Waals surface area contributed by atoms with Crippen molar-refractivity contribution in [3.05, 3.63) is 88.7 Å². The molecule has 0 fully saturated rings. The maximum atomic E-state index is 12.4. The molecule has 0 radical (unpaired) electrons. The van der Waals surface area contributed by atoms with Gasteiger partial charge in [0.25, 0.3) is 11.8 Å². The number of rotatable bonds is 5. The zero-order valence-electron chi connectivity index (χ0n) is 14.1. The quantitative estimate of drug-likeness (QED) is 0.536. The Morgan fingerprint density at radius 2 is 1.67 bits per heavy atom. The van der Waals surface area contributed by atoms with E-state index in [4.69, 9.17) is 11.6 Å². The molecule has 0 unspecified atom stereocenters. The van der Waals surface area contributed by atoms with Gasteiger partial charge in [0.1, 0.15) is 0 Å². The van der Waals surface area contributed by atoms with Crippen molar-refractivity contribution in [2.75, 3.05) is 10.6 Å². The Morgan fingerprint density at radius 1 is 0.926 bits per heavy atom. The molecule has 3 rings (SSSR count). The molecule has 5 nitrogen and oxygen atoms in total. The lowest BCUT2D eigenvalue weighted by atomic mass is 10.2. The van der Waals surface area contributed by atoms with Crippen molar-refractivity contribution < 1.29 is 9.59 Å². The third-order valence-electron chi connectivity index (χ3n) is 3.73. The molecule has 27 heavy (non-hydrogen) atoms. The maximum absolute atomic E-state index is 12.4. The van der Waals surface area contributed by atoms with Gasteiger partial charge >= 0.3 is 0 Å². The van der Waals surface area contributed by atoms with Crippen LogP contribution in [0.4, 0.5) is 11.4 Å². The Labute approximate surface area is 169 Å². The van der Waals surface area contributed by atoms with E-state index < -0.39 is 0 Å². The summed E-state index contributed by atoms with van der Waals surface area (Å²) in [4.78, 5) is 28.9. The Balaban J connectivity index is 1.74. The fourth-order valence-corrected chi connectivity index (χ4v) is 2.82. The van der Waals surface area contributed by atoms with Crippen LogP contribution in [-0.2, 0) is 5.33 Å². The first-order valence-corrected chi connectivity index (χ1v) is 9.55. The molecule has 1 aromatic heterocycles. The molecule has 0 saturated carbocycles. The summed E-state index contributed by atoms with van der Waals surface area (Å²) in [6, 6.07) is 17.2. The number of nitrogens with one attached hydrogen (secondary N) is 2. The zero-order valence-corrected chi connectivity index (χ0v) is 16.4. The summed E-state index contributed by atoms with van der Waals surface area (Å²) in [6.07, 6.45) is 1.51. The molecule has 2 N–H and O–H groups in total. The van der Waals surface area contributed by atoms with Crippen molar-refractivity contribution in [1.82, 2.24) is 4.98 Å². The molecular weight excluding hydrogens is 430 g/mol. The van der Waals surface area contributed by atoms with Gasteiger partial charge in [0, 0.05) is 22.8 Å². The highest BCUT2D eigenvalue weighted by atomic mass is 79.9. The van der Waals surface area contributed by atoms with E-state index in [-0.39, 0.29) is 11.8 Å². The fourth-order valence-electron chi connectivity index (χ4n) is 2.32. The normalized spacial score (nSPS) is 10.3. The second-order valence-electron chi connectivity index (χ2n) is 5.64. The number of nitrogens with zero attached hydrogens (tertiary/aromatic N) is 1. The topological polar surface area (TPSA) is 71.1 Å². The molecule has 2 aromatic carbocycles. The zero-order chi connectivity index (χ0) is 19.2. The van der Waals surface area contributed by atoms with Gasteiger partial charge in [-0.05, 0) is 42.5 Å². The largest absolute Gasteiger partial charge is 0.322 e. The first-order valence-electron chi connectivity index (χ1n) is 8.05. The second kappa shape index (κ2) is 8.79. The van der Waals surface area contributed by atoms with Crippen molar-refractivity contribution in [3.63, 3.8) is 0 Å². The number of carbonyl (C=O) groups is 2. The SMILES string of the molecule is O=C(Nc1ccc(Cl)c(NC(=O)c2ccccc2)c1)c1ccc(CBr)nc1. The number of anilines is 2. The summed E-state index contributed by atoms with van der Waals surface area (Å²) in [5.74, 6) is -0.582. The van der Waals surface area contributed by atoms with E-state index in [0.717, 1.165) is 5.69 Å². The molecule has 0 bridgehead atoms. The van der Waals surface area contributed by atoms with E-state index in [9.17, 15) is 9.59 Å². The highest BCUT2D eigenvalue weighted by Crippen LogP contribution is 2.26. The molecular formula is C20H15BrClN3O2. The van der Waals surface area contributed by atoms with Crippen LogP contribution >= 0.6 is 27.5 Å². The standard InChI is InChI=1S/C20H15BrClN3O2/c21-11-16-7-6-14(12-23-16)20(27)24-15-8-9-17(22)18(10-15)25-19(26)13-4-2-1-3-5-13/h1-10,12H,11H2,(H,24,27)(H,25,26). The Morgan fingerprint density at radius 3 is 2.33 bits per heavy atom. The van der Waals surface area contributed by atoms with Crippen LogP contribution in [-0.4, -0.2) is 16.8 Å². The first-order chi connectivity index (χ1) is 13.1. The Kier molecular flexibility index (Phi) is 6.21. The van der Waals surface area contributed by atoms with E-state index in [0.29, 0.717) is 32.9 Å². The predicted molar refractivity (Wildman–Crippen MR) is 111 cm³/mol. The van der Waals surface area contributed by atoms with Crippen molar-refractivity contribution in [1.29, 1.82) is 0 Å². The van der Waals surface area contributed by atoms with Gasteiger partial charge in [0.2, 0.25) is 0 Å². The van der Waals surface area contributed by atoms with Crippen LogP contribution in [0, 0.1) is 0 Å². The van der Waals surface area contributed by atoms with Crippen molar-refractivity contribution in [2.24, 2.45) is 0 Å². The van der Waals surface area contributed by atoms with Gasteiger partial charge in [-0.1, -0.05) is 45.7 Å². The molecule has 0 aliphatic carbocycles. The Bertz CT molecular complexity index is 963. The van der Waals surface area contributed by atoms with E-state index in [1.165, 1.54) is 6.20 Å². The number of pyridine rings is 1. The predicted octanol–water partition coefficient (Wildman–Crippen LogP) is 5.13. The lowest BCUT2D eigenvalue weighted by molar-refractivity contribution is 0.101. The lowest BCUT2D eigenvalue weighted by Gasteiger charge is -2.11. The molecule has 2 amide bonds. The minimum Gasteiger partial charge on any atom is -0.322 e. The van der Waals surface area contributed by atoms with Crippen molar-refractivity contribution >= 4 is 50.7 Å². The van der Waals surface area contributed by atoms with Crippen LogP contribution in [0.25, 0.3) is 0 Å². The average molecular weight is 445 g/mol. The fraction of sp³-hybridized carbons (Fsp3) is 0.0500. The number of carbonyl (C=O) groups excluding carboxylic acids is 2. The summed E-state index contributed by atoms with van der Waals surface area (Å²) < 4.78 is 0. The number of alkyl halides is 1. The van der Waals surface area contributed by atoms with Crippen LogP contribution in [0.3, 0.4) is 0 Å². The van der Waals surface area contributed by atoms with Crippen LogP contribution in [0.5, 0.6) is 0 Å². The van der Waals surface area contributed by atoms with E-state index in [2.05, 4.69) is 31.5 Å². The molecule has 0 aliphatic heterocycles. The second-order valence-corrected chi connectivity index (χ2v) is 6.61. The monoisotopic (exact) mass is 443 g/mol. The third-order valence-corrected chi connectivity index (χ3v) is 4.64. The van der Waals surface area contributed by atoms with Crippen LogP contribution in [0.15, 0.2) is 66.9 Å². The van der Waals surface area contributed by atoms with Crippen molar-refractivity contribution in [3.8, 4) is 0 Å². The smallest absolute Gasteiger partial charge is 0.257 e. The highest BCUT2D eigenvalue weighted by Gasteiger charge is 2.11. The van der Waals surface area contributed by atoms with Gasteiger partial charge in [0.15, 0.2) is 0 Å². The molecule has 0 saturated heterocycles. The summed E-state index contributed by atoms with van der Waals surface area (Å²) in [6.45, 7) is 0. The highest BCUT2D eigenvalue weighted by molar-refractivity contribution is 9.08. The first kappa shape index (κ1) is 19.1. The summed E-state index contributed by atoms with van der Waals surface area (Å²) in [5, 5.41) is 6.53. The summed E-state index contributed by atoms with van der Waals surface area (Å²) >= 11 is 9.49. The average Bonchev–Trinajstić information content (AvgIpc) is 2.71. The molecule has 7 heteroatoms. The number of amides is 2. The number of halogens is 2. The molecule has 3 aromatic rings. The van der Waals surface area contributed by atoms with Crippen LogP contribution in [0.1, 0.15) is 26.4 Å². The molecule has 0 spiro atoms. The third kappa shape index (κ3) is 4.93. The van der Waals surface area contributed by atoms with Gasteiger partial charge in [-0.15, -0.1) is 0 Å². The molecule has 0 atom stereocenters. The van der Waals surface area contributed by atoms with Gasteiger partial charge in [-0.3, -0.25) is 14.6 Å². The number of aromatic nitrogens is 1. The van der Waals surface area contributed by atoms with Gasteiger partial charge in [0.05, 0.1) is 22.0 Å². The van der Waals surface area contributed by atoms with E-state index >= 15 is 0 Å². The van der Waals surface area contributed by atoms with E-state index in [1.54, 1.807) is 54.6 Å². The summed E-state index contributed by atoms with van der Waals surface area (Å²) in [5.41, 5.74) is 2.71. The Hall–Kier alpha value is -2.70. The van der Waals surface area contributed by atoms with Crippen molar-refractivity contribution in [2.45, 2.75) is 5.33 Å². The minimum atomic E-state index is -0.300. The number of hydrogen-bond donors (Lipinski definition) is 2.